The quantitative estimate of drug-likeness (QED) is 0.683. The molecule has 1 fully saturated rings. The average molecular weight is 397 g/mol. The van der Waals surface area contributed by atoms with Gasteiger partial charge in [0.15, 0.2) is 5.82 Å². The fourth-order valence-electron chi connectivity index (χ4n) is 4.07. The highest BCUT2D eigenvalue weighted by Crippen LogP contribution is 2.42. The lowest BCUT2D eigenvalue weighted by Gasteiger charge is -2.37. The topological polar surface area (TPSA) is 58.9 Å². The second kappa shape index (κ2) is 5.45. The molecule has 0 aliphatic carbocycles. The van der Waals surface area contributed by atoms with Gasteiger partial charge in [0, 0.05) is 29.3 Å². The van der Waals surface area contributed by atoms with E-state index in [1.54, 1.807) is 0 Å². The molecule has 126 valence electrons. The molecule has 2 aliphatic rings. The van der Waals surface area contributed by atoms with Crippen LogP contribution in [-0.2, 0) is 12.2 Å². The number of aryl methyl sites for hydroxylation is 1. The summed E-state index contributed by atoms with van der Waals surface area (Å²) in [5.74, 6) is 1.86. The molecule has 0 radical (unpaired) electrons. The standard InChI is InChI=1S/C18H17BrN6/c1-12-22-23-17-11-24-9-8-21-18(24,16-4-2-3-7-20-16)14-10-13(19)5-6-15(14)25(12)17/h2-7,10,21H,8-9,11H2,1H3. The fourth-order valence-corrected chi connectivity index (χ4v) is 4.43. The van der Waals surface area contributed by atoms with Crippen LogP contribution in [0.4, 0.5) is 0 Å². The van der Waals surface area contributed by atoms with Crippen molar-refractivity contribution in [3.63, 3.8) is 0 Å². The van der Waals surface area contributed by atoms with Crippen LogP contribution in [0.5, 0.6) is 0 Å². The van der Waals surface area contributed by atoms with Gasteiger partial charge in [0.2, 0.25) is 0 Å². The van der Waals surface area contributed by atoms with E-state index in [0.717, 1.165) is 47.1 Å². The van der Waals surface area contributed by atoms with Crippen molar-refractivity contribution in [2.75, 3.05) is 13.1 Å². The van der Waals surface area contributed by atoms with Gasteiger partial charge in [-0.15, -0.1) is 10.2 Å². The number of halogens is 1. The lowest BCUT2D eigenvalue weighted by atomic mass is 9.93. The summed E-state index contributed by atoms with van der Waals surface area (Å²) in [4.78, 5) is 7.12. The van der Waals surface area contributed by atoms with Gasteiger partial charge in [0.25, 0.3) is 0 Å². The molecule has 6 nitrogen and oxygen atoms in total. The summed E-state index contributed by atoms with van der Waals surface area (Å²) in [5, 5.41) is 12.5. The van der Waals surface area contributed by atoms with E-state index < -0.39 is 5.66 Å². The highest BCUT2D eigenvalue weighted by atomic mass is 79.9. The van der Waals surface area contributed by atoms with Crippen molar-refractivity contribution < 1.29 is 0 Å². The van der Waals surface area contributed by atoms with Gasteiger partial charge in [-0.1, -0.05) is 22.0 Å². The summed E-state index contributed by atoms with van der Waals surface area (Å²) in [6.45, 7) is 4.54. The van der Waals surface area contributed by atoms with Crippen LogP contribution in [0, 0.1) is 6.92 Å². The van der Waals surface area contributed by atoms with E-state index >= 15 is 0 Å². The molecule has 1 unspecified atom stereocenters. The van der Waals surface area contributed by atoms with Gasteiger partial charge in [-0.05, 0) is 37.3 Å². The third kappa shape index (κ3) is 2.06. The van der Waals surface area contributed by atoms with Crippen molar-refractivity contribution in [1.29, 1.82) is 0 Å². The van der Waals surface area contributed by atoms with Gasteiger partial charge < -0.3 is 0 Å². The Bertz CT molecular complexity index is 953. The minimum Gasteiger partial charge on any atom is -0.289 e. The maximum atomic E-state index is 4.71. The van der Waals surface area contributed by atoms with E-state index in [0.29, 0.717) is 0 Å². The van der Waals surface area contributed by atoms with Gasteiger partial charge >= 0.3 is 0 Å². The molecular formula is C18H17BrN6. The second-order valence-corrected chi connectivity index (χ2v) is 7.35. The van der Waals surface area contributed by atoms with Crippen molar-refractivity contribution in [1.82, 2.24) is 30.0 Å². The van der Waals surface area contributed by atoms with Crippen LogP contribution >= 0.6 is 15.9 Å². The Morgan fingerprint density at radius 3 is 2.96 bits per heavy atom. The van der Waals surface area contributed by atoms with Crippen LogP contribution in [0.15, 0.2) is 47.1 Å². The zero-order valence-corrected chi connectivity index (χ0v) is 15.4. The van der Waals surface area contributed by atoms with Crippen LogP contribution in [-0.4, -0.2) is 37.7 Å². The Balaban J connectivity index is 1.87. The molecule has 1 atom stereocenters. The normalized spacial score (nSPS) is 22.2. The largest absolute Gasteiger partial charge is 0.289 e. The predicted molar refractivity (Wildman–Crippen MR) is 97.2 cm³/mol. The average Bonchev–Trinajstić information content (AvgIpc) is 3.18. The summed E-state index contributed by atoms with van der Waals surface area (Å²) in [6.07, 6.45) is 1.86. The van der Waals surface area contributed by atoms with E-state index in [2.05, 4.69) is 65.2 Å². The first-order valence-electron chi connectivity index (χ1n) is 8.33. The van der Waals surface area contributed by atoms with Crippen LogP contribution in [0.25, 0.3) is 5.69 Å². The zero-order chi connectivity index (χ0) is 17.0. The molecule has 1 saturated heterocycles. The van der Waals surface area contributed by atoms with Crippen LogP contribution in [0.1, 0.15) is 22.9 Å². The number of hydrogen-bond acceptors (Lipinski definition) is 5. The van der Waals surface area contributed by atoms with E-state index in [9.17, 15) is 0 Å². The molecule has 5 rings (SSSR count). The first-order chi connectivity index (χ1) is 12.2. The minimum absolute atomic E-state index is 0.465. The molecule has 3 aromatic rings. The minimum atomic E-state index is -0.465. The first-order valence-corrected chi connectivity index (χ1v) is 9.12. The van der Waals surface area contributed by atoms with Gasteiger partial charge in [0.05, 0.1) is 17.9 Å². The smallest absolute Gasteiger partial charge is 0.151 e. The Morgan fingerprint density at radius 1 is 1.20 bits per heavy atom. The monoisotopic (exact) mass is 396 g/mol. The van der Waals surface area contributed by atoms with E-state index in [-0.39, 0.29) is 0 Å². The Morgan fingerprint density at radius 2 is 2.12 bits per heavy atom. The molecule has 2 aliphatic heterocycles. The van der Waals surface area contributed by atoms with Crippen molar-refractivity contribution in [3.05, 3.63) is 70.0 Å². The van der Waals surface area contributed by atoms with Crippen LogP contribution in [0.3, 0.4) is 0 Å². The predicted octanol–water partition coefficient (Wildman–Crippen LogP) is 2.35. The third-order valence-electron chi connectivity index (χ3n) is 5.09. The molecule has 0 saturated carbocycles. The summed E-state index contributed by atoms with van der Waals surface area (Å²) < 4.78 is 3.20. The van der Waals surface area contributed by atoms with Crippen molar-refractivity contribution in [2.45, 2.75) is 19.1 Å². The first kappa shape index (κ1) is 15.2. The number of hydrogen-bond donors (Lipinski definition) is 1. The number of benzene rings is 1. The SMILES string of the molecule is Cc1nnc2n1-c1ccc(Br)cc1C1(c3ccccn3)NCCN1C2. The number of aromatic nitrogens is 4. The van der Waals surface area contributed by atoms with Crippen LogP contribution < -0.4 is 5.32 Å². The van der Waals surface area contributed by atoms with E-state index in [1.165, 1.54) is 5.56 Å². The van der Waals surface area contributed by atoms with Crippen molar-refractivity contribution in [3.8, 4) is 5.69 Å². The van der Waals surface area contributed by atoms with E-state index in [4.69, 9.17) is 4.98 Å². The van der Waals surface area contributed by atoms with Gasteiger partial charge in [0.1, 0.15) is 11.5 Å². The number of nitrogens with zero attached hydrogens (tertiary/aromatic N) is 5. The van der Waals surface area contributed by atoms with Gasteiger partial charge in [-0.3, -0.25) is 19.8 Å². The number of fused-ring (bicyclic) bond motifs is 5. The number of rotatable bonds is 1. The molecule has 0 spiro atoms. The Kier molecular flexibility index (Phi) is 3.31. The highest BCUT2D eigenvalue weighted by molar-refractivity contribution is 9.10. The zero-order valence-electron chi connectivity index (χ0n) is 13.8. The lowest BCUT2D eigenvalue weighted by Crippen LogP contribution is -2.49. The van der Waals surface area contributed by atoms with Gasteiger partial charge in [-0.25, -0.2) is 0 Å². The van der Waals surface area contributed by atoms with Crippen molar-refractivity contribution in [2.24, 2.45) is 0 Å². The highest BCUT2D eigenvalue weighted by Gasteiger charge is 2.49. The van der Waals surface area contributed by atoms with E-state index in [1.807, 2.05) is 25.3 Å². The molecule has 2 aromatic heterocycles. The summed E-state index contributed by atoms with van der Waals surface area (Å²) in [7, 11) is 0. The number of pyridine rings is 1. The summed E-state index contributed by atoms with van der Waals surface area (Å²) in [5.41, 5.74) is 2.80. The molecule has 0 bridgehead atoms. The third-order valence-corrected chi connectivity index (χ3v) is 5.58. The molecule has 4 heterocycles. The molecule has 1 N–H and O–H groups in total. The lowest BCUT2D eigenvalue weighted by molar-refractivity contribution is 0.147. The molecule has 1 aromatic carbocycles. The molecular weight excluding hydrogens is 380 g/mol. The summed E-state index contributed by atoms with van der Waals surface area (Å²) >= 11 is 3.65. The molecule has 0 amide bonds. The Hall–Kier alpha value is -2.09. The summed E-state index contributed by atoms with van der Waals surface area (Å²) in [6, 6.07) is 12.5. The second-order valence-electron chi connectivity index (χ2n) is 6.43. The van der Waals surface area contributed by atoms with Crippen molar-refractivity contribution >= 4 is 15.9 Å². The number of nitrogens with one attached hydrogen (secondary N) is 1. The Labute approximate surface area is 154 Å². The maximum absolute atomic E-state index is 4.71. The van der Waals surface area contributed by atoms with Crippen LogP contribution in [0.2, 0.25) is 0 Å². The molecule has 7 heteroatoms. The van der Waals surface area contributed by atoms with Gasteiger partial charge in [-0.2, -0.15) is 0 Å². The molecule has 25 heavy (non-hydrogen) atoms. The fraction of sp³-hybridized carbons (Fsp3) is 0.278. The maximum Gasteiger partial charge on any atom is 0.151 e.